The molecule has 3 aliphatic rings. The minimum atomic E-state index is -0.935. The Kier molecular flexibility index (Phi) is 4.53. The highest BCUT2D eigenvalue weighted by Crippen LogP contribution is 2.30. The molecular formula is C19H22N4O4. The number of nitrogens with zero attached hydrogens (tertiary/aromatic N) is 1. The van der Waals surface area contributed by atoms with Crippen molar-refractivity contribution in [3.8, 4) is 0 Å². The largest absolute Gasteiger partial charge is 0.315 e. The lowest BCUT2D eigenvalue weighted by Crippen LogP contribution is -2.54. The maximum atomic E-state index is 13.0. The zero-order valence-corrected chi connectivity index (χ0v) is 15.1. The summed E-state index contributed by atoms with van der Waals surface area (Å²) in [6, 6.07) is 4.57. The molecule has 0 aliphatic carbocycles. The van der Waals surface area contributed by atoms with Gasteiger partial charge < -0.3 is 10.6 Å². The molecule has 2 fully saturated rings. The Labute approximate surface area is 156 Å². The molecular weight excluding hydrogens is 348 g/mol. The molecule has 8 nitrogen and oxygen atoms in total. The van der Waals surface area contributed by atoms with E-state index in [0.29, 0.717) is 29.6 Å². The molecule has 1 unspecified atom stereocenters. The number of rotatable bonds is 4. The minimum Gasteiger partial charge on any atom is -0.315 e. The van der Waals surface area contributed by atoms with E-state index in [1.807, 2.05) is 6.07 Å². The molecule has 2 saturated heterocycles. The lowest BCUT2D eigenvalue weighted by atomic mass is 10.0. The standard InChI is InChI=1S/C19H22N4O4/c1-10-7-20-9-13(10)21-8-11-3-2-4-12-16(11)19(27)23(18(12)26)14-5-6-15(24)22-17(14)25/h2-4,10,13-14,20-21H,5-9H2,1H3,(H,22,24,25)/t10-,13-,14?/m0/s1. The molecule has 4 amide bonds. The summed E-state index contributed by atoms with van der Waals surface area (Å²) in [5.41, 5.74) is 1.43. The number of carbonyl (C=O) groups excluding carboxylic acids is 4. The minimum absolute atomic E-state index is 0.116. The Bertz CT molecular complexity index is 837. The second-order valence-corrected chi connectivity index (χ2v) is 7.41. The number of imide groups is 2. The Balaban J connectivity index is 1.58. The molecule has 0 saturated carbocycles. The summed E-state index contributed by atoms with van der Waals surface area (Å²) in [5.74, 6) is -1.41. The first-order valence-corrected chi connectivity index (χ1v) is 9.25. The van der Waals surface area contributed by atoms with E-state index in [0.717, 1.165) is 23.6 Å². The maximum absolute atomic E-state index is 13.0. The van der Waals surface area contributed by atoms with Crippen LogP contribution in [0.1, 0.15) is 46.0 Å². The average molecular weight is 370 g/mol. The third-order valence-corrected chi connectivity index (χ3v) is 5.63. The molecule has 0 radical (unpaired) electrons. The van der Waals surface area contributed by atoms with E-state index < -0.39 is 23.8 Å². The zero-order chi connectivity index (χ0) is 19.1. The van der Waals surface area contributed by atoms with Gasteiger partial charge in [-0.15, -0.1) is 0 Å². The Morgan fingerprint density at radius 1 is 1.15 bits per heavy atom. The highest BCUT2D eigenvalue weighted by Gasteiger charge is 2.45. The van der Waals surface area contributed by atoms with Crippen molar-refractivity contribution in [3.63, 3.8) is 0 Å². The van der Waals surface area contributed by atoms with Crippen molar-refractivity contribution >= 4 is 23.6 Å². The summed E-state index contributed by atoms with van der Waals surface area (Å²) in [6.07, 6.45) is 0.278. The van der Waals surface area contributed by atoms with Crippen LogP contribution >= 0.6 is 0 Å². The second-order valence-electron chi connectivity index (χ2n) is 7.41. The molecule has 27 heavy (non-hydrogen) atoms. The summed E-state index contributed by atoms with van der Waals surface area (Å²) >= 11 is 0. The topological polar surface area (TPSA) is 108 Å². The van der Waals surface area contributed by atoms with Crippen molar-refractivity contribution in [2.45, 2.75) is 38.4 Å². The van der Waals surface area contributed by atoms with E-state index in [2.05, 4.69) is 22.9 Å². The van der Waals surface area contributed by atoms with Crippen molar-refractivity contribution in [2.24, 2.45) is 5.92 Å². The van der Waals surface area contributed by atoms with Crippen molar-refractivity contribution in [1.82, 2.24) is 20.9 Å². The molecule has 3 N–H and O–H groups in total. The quantitative estimate of drug-likeness (QED) is 0.633. The van der Waals surface area contributed by atoms with Gasteiger partial charge in [-0.3, -0.25) is 29.4 Å². The van der Waals surface area contributed by atoms with Crippen LogP contribution < -0.4 is 16.0 Å². The van der Waals surface area contributed by atoms with E-state index in [4.69, 9.17) is 0 Å². The number of amides is 4. The molecule has 1 aromatic carbocycles. The fourth-order valence-corrected chi connectivity index (χ4v) is 4.06. The zero-order valence-electron chi connectivity index (χ0n) is 15.1. The molecule has 0 bridgehead atoms. The van der Waals surface area contributed by atoms with Crippen LogP contribution in [-0.4, -0.2) is 53.7 Å². The molecule has 3 atom stereocenters. The molecule has 0 aromatic heterocycles. The van der Waals surface area contributed by atoms with Crippen LogP contribution in [0.2, 0.25) is 0 Å². The number of hydrogen-bond acceptors (Lipinski definition) is 6. The molecule has 3 heterocycles. The predicted octanol–water partition coefficient (Wildman–Crippen LogP) is -0.215. The van der Waals surface area contributed by atoms with Crippen LogP contribution in [0.3, 0.4) is 0 Å². The van der Waals surface area contributed by atoms with Crippen LogP contribution in [0.25, 0.3) is 0 Å². The fourth-order valence-electron chi connectivity index (χ4n) is 4.06. The van der Waals surface area contributed by atoms with Crippen LogP contribution in [-0.2, 0) is 16.1 Å². The van der Waals surface area contributed by atoms with E-state index in [9.17, 15) is 19.2 Å². The third-order valence-electron chi connectivity index (χ3n) is 5.63. The number of nitrogens with one attached hydrogen (secondary N) is 3. The van der Waals surface area contributed by atoms with E-state index in [-0.39, 0.29) is 18.7 Å². The lowest BCUT2D eigenvalue weighted by molar-refractivity contribution is -0.136. The SMILES string of the molecule is C[C@H]1CNC[C@@H]1NCc1cccc2c1C(=O)N(C1CCC(=O)NC1=O)C2=O. The fraction of sp³-hybridized carbons (Fsp3) is 0.474. The summed E-state index contributed by atoms with van der Waals surface area (Å²) in [5, 5.41) is 8.99. The summed E-state index contributed by atoms with van der Waals surface area (Å²) in [7, 11) is 0. The molecule has 3 aliphatic heterocycles. The van der Waals surface area contributed by atoms with Crippen molar-refractivity contribution < 1.29 is 19.2 Å². The van der Waals surface area contributed by atoms with Crippen LogP contribution in [0.15, 0.2) is 18.2 Å². The van der Waals surface area contributed by atoms with E-state index in [1.165, 1.54) is 0 Å². The van der Waals surface area contributed by atoms with Crippen molar-refractivity contribution in [1.29, 1.82) is 0 Å². The van der Waals surface area contributed by atoms with Crippen LogP contribution in [0, 0.1) is 5.92 Å². The van der Waals surface area contributed by atoms with Gasteiger partial charge in [-0.1, -0.05) is 19.1 Å². The second kappa shape index (κ2) is 6.86. The number of hydrogen-bond donors (Lipinski definition) is 3. The Morgan fingerprint density at radius 3 is 2.67 bits per heavy atom. The van der Waals surface area contributed by atoms with Crippen LogP contribution in [0.5, 0.6) is 0 Å². The van der Waals surface area contributed by atoms with Gasteiger partial charge in [-0.05, 0) is 30.5 Å². The first-order chi connectivity index (χ1) is 13.0. The van der Waals surface area contributed by atoms with E-state index >= 15 is 0 Å². The van der Waals surface area contributed by atoms with Gasteiger partial charge >= 0.3 is 0 Å². The lowest BCUT2D eigenvalue weighted by Gasteiger charge is -2.27. The van der Waals surface area contributed by atoms with E-state index in [1.54, 1.807) is 12.1 Å². The molecule has 142 valence electrons. The third kappa shape index (κ3) is 3.04. The number of piperidine rings is 1. The Hall–Kier alpha value is -2.58. The smallest absolute Gasteiger partial charge is 0.262 e. The first-order valence-electron chi connectivity index (χ1n) is 9.25. The molecule has 4 rings (SSSR count). The van der Waals surface area contributed by atoms with Crippen molar-refractivity contribution in [2.75, 3.05) is 13.1 Å². The summed E-state index contributed by atoms with van der Waals surface area (Å²) in [6.45, 7) is 4.45. The molecule has 0 spiro atoms. The normalized spacial score (nSPS) is 27.9. The van der Waals surface area contributed by atoms with Gasteiger partial charge in [0.1, 0.15) is 6.04 Å². The van der Waals surface area contributed by atoms with Crippen molar-refractivity contribution in [3.05, 3.63) is 34.9 Å². The average Bonchev–Trinajstić information content (AvgIpc) is 3.16. The maximum Gasteiger partial charge on any atom is 0.262 e. The van der Waals surface area contributed by atoms with Gasteiger partial charge in [-0.2, -0.15) is 0 Å². The Morgan fingerprint density at radius 2 is 1.96 bits per heavy atom. The monoisotopic (exact) mass is 370 g/mol. The molecule has 1 aromatic rings. The summed E-state index contributed by atoms with van der Waals surface area (Å²) < 4.78 is 0. The van der Waals surface area contributed by atoms with Gasteiger partial charge in [0.2, 0.25) is 11.8 Å². The highest BCUT2D eigenvalue weighted by atomic mass is 16.2. The molecule has 8 heteroatoms. The summed E-state index contributed by atoms with van der Waals surface area (Å²) in [4.78, 5) is 50.4. The van der Waals surface area contributed by atoms with Crippen LogP contribution in [0.4, 0.5) is 0 Å². The first kappa shape index (κ1) is 17.8. The predicted molar refractivity (Wildman–Crippen MR) is 95.8 cm³/mol. The number of carbonyl (C=O) groups is 4. The van der Waals surface area contributed by atoms with Gasteiger partial charge in [0.15, 0.2) is 0 Å². The van der Waals surface area contributed by atoms with Gasteiger partial charge in [0, 0.05) is 25.6 Å². The highest BCUT2D eigenvalue weighted by molar-refractivity contribution is 6.24. The van der Waals surface area contributed by atoms with Gasteiger partial charge in [0.25, 0.3) is 11.8 Å². The van der Waals surface area contributed by atoms with Gasteiger partial charge in [-0.25, -0.2) is 0 Å². The number of fused-ring (bicyclic) bond motifs is 1. The number of benzene rings is 1. The van der Waals surface area contributed by atoms with Gasteiger partial charge in [0.05, 0.1) is 11.1 Å².